The summed E-state index contributed by atoms with van der Waals surface area (Å²) in [6.45, 7) is 2.12. The Bertz CT molecular complexity index is 962. The molecule has 0 radical (unpaired) electrons. The molecule has 29 heavy (non-hydrogen) atoms. The van der Waals surface area contributed by atoms with Gasteiger partial charge < -0.3 is 9.47 Å². The summed E-state index contributed by atoms with van der Waals surface area (Å²) in [5.74, 6) is 0.542. The van der Waals surface area contributed by atoms with Crippen molar-refractivity contribution in [2.75, 3.05) is 18.2 Å². The summed E-state index contributed by atoms with van der Waals surface area (Å²) in [7, 11) is 0. The minimum absolute atomic E-state index is 0.122. The number of carbonyl (C=O) groups is 1. The lowest BCUT2D eigenvalue weighted by atomic mass is 10.1. The molecule has 6 heteroatoms. The van der Waals surface area contributed by atoms with E-state index in [0.717, 1.165) is 5.56 Å². The second kappa shape index (κ2) is 10.3. The molecule has 0 N–H and O–H groups in total. The number of hydrogen-bond acceptors (Lipinski definition) is 4. The Kier molecular flexibility index (Phi) is 7.25. The average molecular weight is 409 g/mol. The van der Waals surface area contributed by atoms with Gasteiger partial charge in [-0.1, -0.05) is 72.3 Å². The van der Waals surface area contributed by atoms with E-state index in [4.69, 9.17) is 21.1 Å². The molecule has 0 aliphatic heterocycles. The van der Waals surface area contributed by atoms with Crippen molar-refractivity contribution in [3.8, 4) is 5.75 Å². The summed E-state index contributed by atoms with van der Waals surface area (Å²) in [5, 5.41) is 6.33. The molecular weight excluding hydrogens is 388 g/mol. The molecule has 0 fully saturated rings. The molecule has 0 spiro atoms. The minimum atomic E-state index is -0.565. The summed E-state index contributed by atoms with van der Waals surface area (Å²) >= 11 is 6.20. The summed E-state index contributed by atoms with van der Waals surface area (Å²) in [6, 6.07) is 25.9. The number of carbonyl (C=O) groups excluding carboxylic acids is 1. The lowest BCUT2D eigenvalue weighted by Gasteiger charge is -2.19. The maximum absolute atomic E-state index is 12.6. The highest BCUT2D eigenvalue weighted by atomic mass is 35.5. The number of hydrazone groups is 1. The highest BCUT2D eigenvalue weighted by Gasteiger charge is 2.18. The van der Waals surface area contributed by atoms with Crippen LogP contribution >= 0.6 is 11.6 Å². The molecule has 3 rings (SSSR count). The smallest absolute Gasteiger partial charge is 0.435 e. The van der Waals surface area contributed by atoms with E-state index in [-0.39, 0.29) is 13.2 Å². The Morgan fingerprint density at radius 2 is 1.55 bits per heavy atom. The largest absolute Gasteiger partial charge is 0.486 e. The van der Waals surface area contributed by atoms with Gasteiger partial charge in [0.15, 0.2) is 0 Å². The normalized spacial score (nSPS) is 11.0. The number of nitrogens with zero attached hydrogens (tertiary/aromatic N) is 2. The first-order valence-electron chi connectivity index (χ1n) is 9.21. The molecule has 5 nitrogen and oxygen atoms in total. The fourth-order valence-electron chi connectivity index (χ4n) is 2.59. The van der Waals surface area contributed by atoms with Crippen LogP contribution in [0.2, 0.25) is 5.02 Å². The van der Waals surface area contributed by atoms with Gasteiger partial charge in [0, 0.05) is 5.56 Å². The van der Waals surface area contributed by atoms with Gasteiger partial charge in [0.05, 0.1) is 17.3 Å². The third-order valence-electron chi connectivity index (χ3n) is 3.97. The zero-order valence-electron chi connectivity index (χ0n) is 16.0. The molecule has 0 unspecified atom stereocenters. The maximum Gasteiger partial charge on any atom is 0.435 e. The van der Waals surface area contributed by atoms with Gasteiger partial charge in [-0.05, 0) is 31.2 Å². The monoisotopic (exact) mass is 408 g/mol. The number of hydrogen-bond donors (Lipinski definition) is 0. The van der Waals surface area contributed by atoms with Gasteiger partial charge >= 0.3 is 6.09 Å². The molecule has 0 heterocycles. The van der Waals surface area contributed by atoms with Crippen molar-refractivity contribution < 1.29 is 14.3 Å². The van der Waals surface area contributed by atoms with Crippen LogP contribution in [-0.2, 0) is 4.74 Å². The van der Waals surface area contributed by atoms with Gasteiger partial charge in [-0.25, -0.2) is 4.79 Å². The predicted molar refractivity (Wildman–Crippen MR) is 116 cm³/mol. The van der Waals surface area contributed by atoms with E-state index in [1.807, 2.05) is 60.7 Å². The summed E-state index contributed by atoms with van der Waals surface area (Å²) in [5.41, 5.74) is 1.98. The Morgan fingerprint density at radius 3 is 2.21 bits per heavy atom. The van der Waals surface area contributed by atoms with E-state index in [9.17, 15) is 4.79 Å². The van der Waals surface area contributed by atoms with Crippen LogP contribution in [0.3, 0.4) is 0 Å². The van der Waals surface area contributed by atoms with Crippen LogP contribution in [0.4, 0.5) is 10.5 Å². The maximum atomic E-state index is 12.6. The van der Waals surface area contributed by atoms with E-state index in [1.54, 1.807) is 31.2 Å². The molecule has 0 aliphatic carbocycles. The number of para-hydroxylation sites is 2. The molecule has 0 aliphatic rings. The molecular formula is C23H21ClN2O3. The second-order valence-corrected chi connectivity index (χ2v) is 6.39. The van der Waals surface area contributed by atoms with Gasteiger partial charge in [0.1, 0.15) is 18.1 Å². The van der Waals surface area contributed by atoms with E-state index >= 15 is 0 Å². The summed E-state index contributed by atoms with van der Waals surface area (Å²) in [4.78, 5) is 12.6. The highest BCUT2D eigenvalue weighted by Crippen LogP contribution is 2.24. The molecule has 0 saturated heterocycles. The van der Waals surface area contributed by atoms with Crippen molar-refractivity contribution in [3.05, 3.63) is 95.5 Å². The third kappa shape index (κ3) is 5.59. The van der Waals surface area contributed by atoms with Gasteiger partial charge in [-0.3, -0.25) is 0 Å². The molecule has 148 valence electrons. The Hall–Kier alpha value is -3.31. The molecule has 0 saturated carbocycles. The van der Waals surface area contributed by atoms with Crippen molar-refractivity contribution in [1.29, 1.82) is 0 Å². The van der Waals surface area contributed by atoms with Gasteiger partial charge in [0.25, 0.3) is 0 Å². The summed E-state index contributed by atoms with van der Waals surface area (Å²) in [6.07, 6.45) is -0.565. The third-order valence-corrected chi connectivity index (χ3v) is 4.28. The standard InChI is InChI=1S/C23H21ClN2O3/c1-2-28-23(27)26(19-13-7-4-8-14-19)25-21(18-11-5-3-6-12-18)17-29-22-16-10-9-15-20(22)24/h3-16H,2,17H2,1H3/b25-21+. The highest BCUT2D eigenvalue weighted by molar-refractivity contribution is 6.32. The molecule has 0 aromatic heterocycles. The molecule has 3 aromatic rings. The minimum Gasteiger partial charge on any atom is -0.486 e. The number of benzene rings is 3. The lowest BCUT2D eigenvalue weighted by molar-refractivity contribution is 0.160. The Morgan fingerprint density at radius 1 is 0.931 bits per heavy atom. The quantitative estimate of drug-likeness (QED) is 0.367. The van der Waals surface area contributed by atoms with Crippen LogP contribution in [0, 0.1) is 0 Å². The van der Waals surface area contributed by atoms with Crippen molar-refractivity contribution >= 4 is 29.1 Å². The van der Waals surface area contributed by atoms with Gasteiger partial charge in [0.2, 0.25) is 0 Å². The molecule has 3 aromatic carbocycles. The lowest BCUT2D eigenvalue weighted by Crippen LogP contribution is -2.29. The zero-order valence-corrected chi connectivity index (χ0v) is 16.8. The van der Waals surface area contributed by atoms with E-state index in [1.165, 1.54) is 5.01 Å². The Balaban J connectivity index is 1.97. The SMILES string of the molecule is CCOC(=O)N(/N=C(\COc1ccccc1Cl)c1ccccc1)c1ccccc1. The van der Waals surface area contributed by atoms with Crippen molar-refractivity contribution in [3.63, 3.8) is 0 Å². The molecule has 0 atom stereocenters. The first-order valence-corrected chi connectivity index (χ1v) is 9.59. The Labute approximate surface area is 175 Å². The second-order valence-electron chi connectivity index (χ2n) is 5.98. The zero-order chi connectivity index (χ0) is 20.5. The van der Waals surface area contributed by atoms with Gasteiger partial charge in [-0.15, -0.1) is 0 Å². The van der Waals surface area contributed by atoms with E-state index in [2.05, 4.69) is 5.10 Å². The first-order chi connectivity index (χ1) is 14.2. The number of rotatable bonds is 7. The number of amides is 1. The topological polar surface area (TPSA) is 51.1 Å². The van der Waals surface area contributed by atoms with Crippen LogP contribution in [0.1, 0.15) is 12.5 Å². The number of anilines is 1. The van der Waals surface area contributed by atoms with Crippen LogP contribution in [-0.4, -0.2) is 25.0 Å². The van der Waals surface area contributed by atoms with E-state index < -0.39 is 6.09 Å². The predicted octanol–water partition coefficient (Wildman–Crippen LogP) is 5.79. The average Bonchev–Trinajstić information content (AvgIpc) is 2.76. The van der Waals surface area contributed by atoms with E-state index in [0.29, 0.717) is 22.2 Å². The number of ether oxygens (including phenoxy) is 2. The fraction of sp³-hybridized carbons (Fsp3) is 0.130. The van der Waals surface area contributed by atoms with Crippen LogP contribution in [0.5, 0.6) is 5.75 Å². The van der Waals surface area contributed by atoms with Crippen molar-refractivity contribution in [2.24, 2.45) is 5.10 Å². The molecule has 1 amide bonds. The number of halogens is 1. The van der Waals surface area contributed by atoms with Crippen LogP contribution in [0.15, 0.2) is 90.0 Å². The fourth-order valence-corrected chi connectivity index (χ4v) is 2.78. The first kappa shape index (κ1) is 20.4. The van der Waals surface area contributed by atoms with Crippen LogP contribution < -0.4 is 9.75 Å². The van der Waals surface area contributed by atoms with Gasteiger partial charge in [-0.2, -0.15) is 10.1 Å². The van der Waals surface area contributed by atoms with Crippen molar-refractivity contribution in [2.45, 2.75) is 6.92 Å². The van der Waals surface area contributed by atoms with Crippen molar-refractivity contribution in [1.82, 2.24) is 0 Å². The van der Waals surface area contributed by atoms with Crippen LogP contribution in [0.25, 0.3) is 0 Å². The molecule has 0 bridgehead atoms. The summed E-state index contributed by atoms with van der Waals surface area (Å²) < 4.78 is 11.1.